The molecule has 1 aliphatic rings. The maximum Gasteiger partial charge on any atom is 0.119 e. The smallest absolute Gasteiger partial charge is 0.119 e. The van der Waals surface area contributed by atoms with Crippen LogP contribution in [0.3, 0.4) is 0 Å². The van der Waals surface area contributed by atoms with E-state index < -0.39 is 0 Å². The van der Waals surface area contributed by atoms with Crippen molar-refractivity contribution < 1.29 is 9.84 Å². The average molecular weight is 391 g/mol. The van der Waals surface area contributed by atoms with E-state index in [0.29, 0.717) is 12.5 Å². The summed E-state index contributed by atoms with van der Waals surface area (Å²) in [6.07, 6.45) is 2.44. The monoisotopic (exact) mass is 390 g/mol. The molecule has 3 aromatic rings. The van der Waals surface area contributed by atoms with Crippen molar-refractivity contribution in [3.8, 4) is 5.75 Å². The number of para-hydroxylation sites is 1. The molecule has 2 atom stereocenters. The third-order valence-electron chi connectivity index (χ3n) is 5.59. The van der Waals surface area contributed by atoms with Crippen LogP contribution in [-0.4, -0.2) is 40.8 Å². The van der Waals surface area contributed by atoms with Gasteiger partial charge in [-0.15, -0.1) is 0 Å². The van der Waals surface area contributed by atoms with Gasteiger partial charge >= 0.3 is 0 Å². The molecule has 0 aliphatic carbocycles. The summed E-state index contributed by atoms with van der Waals surface area (Å²) in [4.78, 5) is 6.80. The van der Waals surface area contributed by atoms with E-state index in [2.05, 4.69) is 60.1 Å². The van der Waals surface area contributed by atoms with Crippen LogP contribution in [0.15, 0.2) is 60.8 Å². The molecular formula is C25H30N2O2. The van der Waals surface area contributed by atoms with Crippen molar-refractivity contribution in [3.05, 3.63) is 71.9 Å². The Morgan fingerprint density at radius 2 is 1.97 bits per heavy atom. The molecule has 4 nitrogen and oxygen atoms in total. The highest BCUT2D eigenvalue weighted by molar-refractivity contribution is 5.81. The normalized spacial score (nSPS) is 19.9. The number of ether oxygens (including phenoxy) is 1. The number of hydrogen-bond acceptors (Lipinski definition) is 4. The van der Waals surface area contributed by atoms with Gasteiger partial charge < -0.3 is 9.84 Å². The van der Waals surface area contributed by atoms with Crippen molar-refractivity contribution in [2.24, 2.45) is 11.8 Å². The van der Waals surface area contributed by atoms with Crippen molar-refractivity contribution in [2.75, 3.05) is 19.7 Å². The van der Waals surface area contributed by atoms with Gasteiger partial charge in [0.05, 0.1) is 18.2 Å². The Bertz CT molecular complexity index is 951. The summed E-state index contributed by atoms with van der Waals surface area (Å²) in [7, 11) is 0. The molecule has 4 rings (SSSR count). The molecule has 0 amide bonds. The van der Waals surface area contributed by atoms with Gasteiger partial charge in [-0.3, -0.25) is 9.88 Å². The first-order chi connectivity index (χ1) is 14.1. The zero-order valence-electron chi connectivity index (χ0n) is 17.3. The zero-order chi connectivity index (χ0) is 20.2. The van der Waals surface area contributed by atoms with Gasteiger partial charge in [-0.2, -0.15) is 0 Å². The molecule has 0 radical (unpaired) electrons. The summed E-state index contributed by atoms with van der Waals surface area (Å²) in [6, 6.07) is 18.7. The van der Waals surface area contributed by atoms with Crippen LogP contribution in [0.5, 0.6) is 5.75 Å². The Kier molecular flexibility index (Phi) is 6.12. The Morgan fingerprint density at radius 1 is 1.10 bits per heavy atom. The molecule has 2 heterocycles. The largest absolute Gasteiger partial charge is 0.493 e. The minimum atomic E-state index is -0.303. The topological polar surface area (TPSA) is 45.6 Å². The minimum Gasteiger partial charge on any atom is -0.493 e. The van der Waals surface area contributed by atoms with Crippen molar-refractivity contribution in [2.45, 2.75) is 32.9 Å². The third kappa shape index (κ3) is 4.95. The Balaban J connectivity index is 1.40. The van der Waals surface area contributed by atoms with Gasteiger partial charge in [0.1, 0.15) is 5.75 Å². The fourth-order valence-corrected chi connectivity index (χ4v) is 4.14. The number of fused-ring (bicyclic) bond motifs is 1. The predicted octanol–water partition coefficient (Wildman–Crippen LogP) is 4.31. The molecule has 0 unspecified atom stereocenters. The number of aromatic nitrogens is 1. The Morgan fingerprint density at radius 3 is 2.83 bits per heavy atom. The summed E-state index contributed by atoms with van der Waals surface area (Å²) in [5, 5.41) is 11.9. The standard InChI is InChI=1S/C25H30N2O2/c1-18(2)17-29-22-7-5-6-19(12-22)14-27-15-21(25(28)16-27)13-20-10-11-26-24-9-4-3-8-23(20)24/h3-12,18,21,25,28H,13-17H2,1-2H3/t21-,25-/m1/s1. The lowest BCUT2D eigenvalue weighted by atomic mass is 9.94. The molecule has 0 saturated carbocycles. The summed E-state index contributed by atoms with van der Waals surface area (Å²) in [6.45, 7) is 7.49. The number of hydrogen-bond donors (Lipinski definition) is 1. The van der Waals surface area contributed by atoms with Crippen LogP contribution >= 0.6 is 0 Å². The van der Waals surface area contributed by atoms with Crippen molar-refractivity contribution in [3.63, 3.8) is 0 Å². The number of likely N-dealkylation sites (tertiary alicyclic amines) is 1. The highest BCUT2D eigenvalue weighted by Gasteiger charge is 2.31. The maximum atomic E-state index is 10.7. The molecule has 2 aromatic carbocycles. The lowest BCUT2D eigenvalue weighted by Crippen LogP contribution is -2.21. The van der Waals surface area contributed by atoms with Gasteiger partial charge in [0, 0.05) is 37.1 Å². The van der Waals surface area contributed by atoms with Crippen LogP contribution in [0.4, 0.5) is 0 Å². The van der Waals surface area contributed by atoms with E-state index in [0.717, 1.165) is 37.4 Å². The first-order valence-corrected chi connectivity index (χ1v) is 10.5. The van der Waals surface area contributed by atoms with E-state index in [9.17, 15) is 5.11 Å². The molecule has 0 spiro atoms. The molecule has 152 valence electrons. The van der Waals surface area contributed by atoms with Crippen LogP contribution in [0.25, 0.3) is 10.9 Å². The number of nitrogens with zero attached hydrogens (tertiary/aromatic N) is 2. The van der Waals surface area contributed by atoms with Gasteiger partial charge in [-0.05, 0) is 47.7 Å². The maximum absolute atomic E-state index is 10.7. The molecule has 4 heteroatoms. The fourth-order valence-electron chi connectivity index (χ4n) is 4.14. The van der Waals surface area contributed by atoms with E-state index in [-0.39, 0.29) is 12.0 Å². The highest BCUT2D eigenvalue weighted by Crippen LogP contribution is 2.27. The lowest BCUT2D eigenvalue weighted by molar-refractivity contribution is 0.141. The van der Waals surface area contributed by atoms with Crippen molar-refractivity contribution in [1.82, 2.24) is 9.88 Å². The molecule has 29 heavy (non-hydrogen) atoms. The zero-order valence-corrected chi connectivity index (χ0v) is 17.3. The third-order valence-corrected chi connectivity index (χ3v) is 5.59. The van der Waals surface area contributed by atoms with Gasteiger partial charge in [0.2, 0.25) is 0 Å². The van der Waals surface area contributed by atoms with E-state index in [1.165, 1.54) is 16.5 Å². The van der Waals surface area contributed by atoms with Crippen molar-refractivity contribution >= 4 is 10.9 Å². The molecular weight excluding hydrogens is 360 g/mol. The van der Waals surface area contributed by atoms with Gasteiger partial charge in [-0.1, -0.05) is 44.2 Å². The van der Waals surface area contributed by atoms with Crippen LogP contribution in [-0.2, 0) is 13.0 Å². The average Bonchev–Trinajstić information content (AvgIpc) is 3.05. The van der Waals surface area contributed by atoms with Gasteiger partial charge in [0.25, 0.3) is 0 Å². The first-order valence-electron chi connectivity index (χ1n) is 10.5. The second kappa shape index (κ2) is 8.93. The SMILES string of the molecule is CC(C)COc1cccc(CN2C[C@@H](Cc3ccnc4ccccc34)[C@H](O)C2)c1. The predicted molar refractivity (Wildman–Crippen MR) is 117 cm³/mol. The highest BCUT2D eigenvalue weighted by atomic mass is 16.5. The molecule has 0 bridgehead atoms. The molecule has 1 fully saturated rings. The summed E-state index contributed by atoms with van der Waals surface area (Å²) in [5.74, 6) is 1.68. The minimum absolute atomic E-state index is 0.237. The number of pyridine rings is 1. The van der Waals surface area contributed by atoms with Gasteiger partial charge in [0.15, 0.2) is 0 Å². The first kappa shape index (κ1) is 19.9. The van der Waals surface area contributed by atoms with E-state index in [1.807, 2.05) is 24.4 Å². The second-order valence-electron chi connectivity index (χ2n) is 8.57. The quantitative estimate of drug-likeness (QED) is 0.653. The number of benzene rings is 2. The fraction of sp³-hybridized carbons (Fsp3) is 0.400. The van der Waals surface area contributed by atoms with E-state index >= 15 is 0 Å². The number of rotatable bonds is 7. The van der Waals surface area contributed by atoms with Crippen LogP contribution in [0, 0.1) is 11.8 Å². The summed E-state index contributed by atoms with van der Waals surface area (Å²) >= 11 is 0. The Labute approximate surface area is 173 Å². The Hall–Kier alpha value is -2.43. The number of aliphatic hydroxyl groups is 1. The molecule has 1 aromatic heterocycles. The second-order valence-corrected chi connectivity index (χ2v) is 8.57. The number of β-amino-alcohol motifs (C(OH)–C–C–N with tert-alkyl or cyclic N) is 1. The van der Waals surface area contributed by atoms with Gasteiger partial charge in [-0.25, -0.2) is 0 Å². The van der Waals surface area contributed by atoms with E-state index in [4.69, 9.17) is 4.74 Å². The van der Waals surface area contributed by atoms with Crippen LogP contribution in [0.2, 0.25) is 0 Å². The van der Waals surface area contributed by atoms with E-state index in [1.54, 1.807) is 0 Å². The summed E-state index contributed by atoms with van der Waals surface area (Å²) in [5.41, 5.74) is 3.52. The van der Waals surface area contributed by atoms with Crippen LogP contribution < -0.4 is 4.74 Å². The van der Waals surface area contributed by atoms with Crippen molar-refractivity contribution in [1.29, 1.82) is 0 Å². The number of aliphatic hydroxyl groups excluding tert-OH is 1. The molecule has 1 N–H and O–H groups in total. The lowest BCUT2D eigenvalue weighted by Gasteiger charge is -2.17. The molecule has 1 saturated heterocycles. The summed E-state index contributed by atoms with van der Waals surface area (Å²) < 4.78 is 5.86. The van der Waals surface area contributed by atoms with Crippen LogP contribution in [0.1, 0.15) is 25.0 Å². The molecule has 1 aliphatic heterocycles.